The fourth-order valence-electron chi connectivity index (χ4n) is 3.02. The summed E-state index contributed by atoms with van der Waals surface area (Å²) in [5, 5.41) is 10.4. The highest BCUT2D eigenvalue weighted by atomic mass is 19.4. The average Bonchev–Trinajstić information content (AvgIpc) is 3.06. The number of anilines is 1. The molecule has 0 aliphatic carbocycles. The van der Waals surface area contributed by atoms with Crippen molar-refractivity contribution in [2.24, 2.45) is 0 Å². The summed E-state index contributed by atoms with van der Waals surface area (Å²) in [7, 11) is 0. The van der Waals surface area contributed by atoms with Gasteiger partial charge in [-0.2, -0.15) is 13.2 Å². The van der Waals surface area contributed by atoms with Crippen LogP contribution in [0.4, 0.5) is 23.2 Å². The van der Waals surface area contributed by atoms with Crippen molar-refractivity contribution in [1.82, 2.24) is 15.3 Å². The van der Waals surface area contributed by atoms with Gasteiger partial charge in [0.25, 0.3) is 5.91 Å². The van der Waals surface area contributed by atoms with Crippen LogP contribution in [0.15, 0.2) is 54.9 Å². The van der Waals surface area contributed by atoms with Crippen molar-refractivity contribution in [1.29, 1.82) is 0 Å². The van der Waals surface area contributed by atoms with Gasteiger partial charge in [0.1, 0.15) is 5.82 Å². The highest BCUT2D eigenvalue weighted by Gasteiger charge is 2.31. The number of aromatic nitrogens is 2. The molecule has 0 fully saturated rings. The van der Waals surface area contributed by atoms with E-state index in [1.54, 1.807) is 18.3 Å². The summed E-state index contributed by atoms with van der Waals surface area (Å²) < 4.78 is 45.9. The number of carbonyl (C=O) groups excluding carboxylic acids is 1. The number of benzene rings is 1. The monoisotopic (exact) mass is 434 g/mol. The number of aliphatic hydroxyl groups is 1. The molecular weight excluding hydrogens is 416 g/mol. The first-order chi connectivity index (χ1) is 14.6. The minimum atomic E-state index is -4.64. The van der Waals surface area contributed by atoms with Gasteiger partial charge in [0.2, 0.25) is 0 Å². The molecule has 0 bridgehead atoms. The molecule has 0 saturated carbocycles. The summed E-state index contributed by atoms with van der Waals surface area (Å²) in [6.45, 7) is 2.85. The molecule has 0 unspecified atom stereocenters. The molecule has 1 aliphatic heterocycles. The first-order valence-corrected chi connectivity index (χ1v) is 9.04. The van der Waals surface area contributed by atoms with Gasteiger partial charge in [-0.1, -0.05) is 18.7 Å². The number of fused-ring (bicyclic) bond motifs is 1. The Kier molecular flexibility index (Phi) is 6.00. The number of hydrogen-bond donors (Lipinski definition) is 4. The number of nitrogens with zero attached hydrogens (tertiary/aromatic N) is 1. The maximum absolute atomic E-state index is 13.4. The first kappa shape index (κ1) is 21.9. The zero-order chi connectivity index (χ0) is 22.8. The molecule has 0 atom stereocenters. The SMILES string of the molecule is C=C(O)C(F)(F)F.Nc1c(-c2ccnc(-c3cccc(F)c3)c2)[nH]c2c1C(=O)NCC2. The van der Waals surface area contributed by atoms with Gasteiger partial charge in [-0.25, -0.2) is 4.39 Å². The number of aliphatic hydroxyl groups excluding tert-OH is 1. The molecule has 0 radical (unpaired) electrons. The van der Waals surface area contributed by atoms with Crippen LogP contribution in [0.3, 0.4) is 0 Å². The fraction of sp³-hybridized carbons (Fsp3) is 0.143. The molecular formula is C21H18F4N4O2. The maximum Gasteiger partial charge on any atom is 0.448 e. The Morgan fingerprint density at radius 1 is 1.19 bits per heavy atom. The maximum atomic E-state index is 13.4. The Labute approximate surface area is 174 Å². The topological polar surface area (TPSA) is 104 Å². The molecule has 0 spiro atoms. The van der Waals surface area contributed by atoms with E-state index in [2.05, 4.69) is 21.9 Å². The van der Waals surface area contributed by atoms with Crippen molar-refractivity contribution in [3.63, 3.8) is 0 Å². The third-order valence-electron chi connectivity index (χ3n) is 4.50. The van der Waals surface area contributed by atoms with E-state index in [4.69, 9.17) is 10.8 Å². The summed E-state index contributed by atoms with van der Waals surface area (Å²) in [4.78, 5) is 19.6. The first-order valence-electron chi connectivity index (χ1n) is 9.04. The van der Waals surface area contributed by atoms with Gasteiger partial charge in [0.15, 0.2) is 5.76 Å². The van der Waals surface area contributed by atoms with Crippen LogP contribution >= 0.6 is 0 Å². The van der Waals surface area contributed by atoms with E-state index in [0.717, 1.165) is 11.3 Å². The highest BCUT2D eigenvalue weighted by molar-refractivity contribution is 6.04. The van der Waals surface area contributed by atoms with E-state index >= 15 is 0 Å². The molecule has 162 valence electrons. The van der Waals surface area contributed by atoms with Crippen LogP contribution in [0.5, 0.6) is 0 Å². The second-order valence-electron chi connectivity index (χ2n) is 6.66. The highest BCUT2D eigenvalue weighted by Crippen LogP contribution is 2.33. The summed E-state index contributed by atoms with van der Waals surface area (Å²) >= 11 is 0. The molecule has 10 heteroatoms. The Morgan fingerprint density at radius 3 is 2.52 bits per heavy atom. The minimum Gasteiger partial charge on any atom is -0.505 e. The number of rotatable bonds is 2. The van der Waals surface area contributed by atoms with Gasteiger partial charge in [0.05, 0.1) is 22.6 Å². The average molecular weight is 434 g/mol. The van der Waals surface area contributed by atoms with E-state index in [1.807, 2.05) is 12.1 Å². The Balaban J connectivity index is 0.000000339. The van der Waals surface area contributed by atoms with Crippen molar-refractivity contribution >= 4 is 11.6 Å². The molecule has 5 N–H and O–H groups in total. The molecule has 6 nitrogen and oxygen atoms in total. The normalized spacial score (nSPS) is 13.0. The number of halogens is 4. The molecule has 4 rings (SSSR count). The smallest absolute Gasteiger partial charge is 0.448 e. The number of amides is 1. The van der Waals surface area contributed by atoms with E-state index in [9.17, 15) is 22.4 Å². The summed E-state index contributed by atoms with van der Waals surface area (Å²) in [6, 6.07) is 9.91. The zero-order valence-corrected chi connectivity index (χ0v) is 16.1. The van der Waals surface area contributed by atoms with Crippen LogP contribution in [-0.4, -0.2) is 33.7 Å². The zero-order valence-electron chi connectivity index (χ0n) is 16.1. The lowest BCUT2D eigenvalue weighted by Crippen LogP contribution is -2.31. The number of nitrogen functional groups attached to an aromatic ring is 1. The van der Waals surface area contributed by atoms with Crippen molar-refractivity contribution in [3.8, 4) is 22.5 Å². The number of alkyl halides is 3. The number of nitrogens with two attached hydrogens (primary N) is 1. The van der Waals surface area contributed by atoms with Crippen molar-refractivity contribution in [2.75, 3.05) is 12.3 Å². The summed E-state index contributed by atoms with van der Waals surface area (Å²) in [5.74, 6) is -2.23. The van der Waals surface area contributed by atoms with E-state index in [1.165, 1.54) is 12.1 Å². The number of nitrogens with one attached hydrogen (secondary N) is 2. The van der Waals surface area contributed by atoms with Crippen molar-refractivity contribution in [3.05, 3.63) is 72.0 Å². The van der Waals surface area contributed by atoms with Gasteiger partial charge in [0, 0.05) is 36.0 Å². The van der Waals surface area contributed by atoms with E-state index in [-0.39, 0.29) is 11.7 Å². The summed E-state index contributed by atoms with van der Waals surface area (Å²) in [6.07, 6.45) is -2.28. The van der Waals surface area contributed by atoms with Crippen molar-refractivity contribution < 1.29 is 27.5 Å². The Hall–Kier alpha value is -3.82. The second kappa shape index (κ2) is 8.50. The van der Waals surface area contributed by atoms with Crippen LogP contribution in [0.25, 0.3) is 22.5 Å². The molecule has 1 amide bonds. The Bertz CT molecular complexity index is 1140. The summed E-state index contributed by atoms with van der Waals surface area (Å²) in [5.41, 5.74) is 10.8. The quantitative estimate of drug-likeness (QED) is 0.355. The van der Waals surface area contributed by atoms with Crippen LogP contribution in [0, 0.1) is 5.82 Å². The second-order valence-corrected chi connectivity index (χ2v) is 6.66. The number of aromatic amines is 1. The predicted molar refractivity (Wildman–Crippen MR) is 108 cm³/mol. The van der Waals surface area contributed by atoms with Gasteiger partial charge >= 0.3 is 6.18 Å². The molecule has 31 heavy (non-hydrogen) atoms. The van der Waals surface area contributed by atoms with Gasteiger partial charge in [-0.15, -0.1) is 0 Å². The van der Waals surface area contributed by atoms with Gasteiger partial charge in [-0.05, 0) is 24.3 Å². The van der Waals surface area contributed by atoms with Crippen LogP contribution in [0.1, 0.15) is 16.1 Å². The third-order valence-corrected chi connectivity index (χ3v) is 4.50. The molecule has 3 aromatic rings. The number of H-pyrrole nitrogens is 1. The lowest BCUT2D eigenvalue weighted by molar-refractivity contribution is -0.119. The van der Waals surface area contributed by atoms with Crippen LogP contribution in [-0.2, 0) is 6.42 Å². The van der Waals surface area contributed by atoms with Gasteiger partial charge in [-0.3, -0.25) is 9.78 Å². The molecule has 2 aromatic heterocycles. The largest absolute Gasteiger partial charge is 0.505 e. The third kappa shape index (κ3) is 4.85. The molecule has 1 aromatic carbocycles. The number of hydrogen-bond acceptors (Lipinski definition) is 4. The standard InChI is InChI=1S/C18H15FN4O.C3H3F3O/c19-12-3-1-2-10(8-12)14-9-11(4-6-21-14)17-16(20)15-13(23-17)5-7-22-18(15)24;1-2(7)3(4,5)6/h1-4,6,8-9,23H,5,7,20H2,(H,22,24);7H,1H2. The van der Waals surface area contributed by atoms with Crippen LogP contribution < -0.4 is 11.1 Å². The minimum absolute atomic E-state index is 0.157. The lowest BCUT2D eigenvalue weighted by atomic mass is 10.0. The van der Waals surface area contributed by atoms with E-state index < -0.39 is 11.9 Å². The van der Waals surface area contributed by atoms with Gasteiger partial charge < -0.3 is 21.1 Å². The fourth-order valence-corrected chi connectivity index (χ4v) is 3.02. The van der Waals surface area contributed by atoms with Crippen molar-refractivity contribution in [2.45, 2.75) is 12.6 Å². The number of carbonyl (C=O) groups is 1. The van der Waals surface area contributed by atoms with Crippen LogP contribution in [0.2, 0.25) is 0 Å². The predicted octanol–water partition coefficient (Wildman–Crippen LogP) is 4.37. The number of allylic oxidation sites excluding steroid dienone is 1. The Morgan fingerprint density at radius 2 is 1.90 bits per heavy atom. The molecule has 3 heterocycles. The molecule has 0 saturated heterocycles. The lowest BCUT2D eigenvalue weighted by Gasteiger charge is -2.12. The number of pyridine rings is 1. The molecule has 1 aliphatic rings. The van der Waals surface area contributed by atoms with E-state index in [0.29, 0.717) is 41.2 Å².